The Morgan fingerprint density at radius 1 is 1.10 bits per heavy atom. The highest BCUT2D eigenvalue weighted by atomic mass is 19.4. The van der Waals surface area contributed by atoms with Gasteiger partial charge in [-0.1, -0.05) is 12.1 Å². The highest BCUT2D eigenvalue weighted by molar-refractivity contribution is 5.38. The summed E-state index contributed by atoms with van der Waals surface area (Å²) in [5.74, 6) is 1.27. The molecule has 106 valence electrons. The Morgan fingerprint density at radius 2 is 1.80 bits per heavy atom. The van der Waals surface area contributed by atoms with Gasteiger partial charge in [-0.25, -0.2) is 4.98 Å². The Bertz CT molecular complexity index is 550. The molecule has 0 spiro atoms. The van der Waals surface area contributed by atoms with Gasteiger partial charge in [0.15, 0.2) is 0 Å². The molecule has 1 N–H and O–H groups in total. The maximum atomic E-state index is 12.4. The van der Waals surface area contributed by atoms with Crippen LogP contribution in [0, 0.1) is 0 Å². The van der Waals surface area contributed by atoms with Crippen LogP contribution in [0.5, 0.6) is 5.75 Å². The normalized spacial score (nSPS) is 11.2. The molecule has 0 aliphatic carbocycles. The lowest BCUT2D eigenvalue weighted by Gasteiger charge is -2.09. The molecule has 0 amide bonds. The number of benzene rings is 1. The summed E-state index contributed by atoms with van der Waals surface area (Å²) >= 11 is 0. The molecule has 0 aliphatic heterocycles. The van der Waals surface area contributed by atoms with Crippen LogP contribution in [-0.4, -0.2) is 12.1 Å². The van der Waals surface area contributed by atoms with E-state index in [1.807, 2.05) is 0 Å². The fourth-order valence-electron chi connectivity index (χ4n) is 1.61. The monoisotopic (exact) mass is 282 g/mol. The number of pyridine rings is 1. The number of nitrogens with one attached hydrogen (secondary N) is 1. The smallest absolute Gasteiger partial charge is 0.416 e. The predicted octanol–water partition coefficient (Wildman–Crippen LogP) is 3.72. The van der Waals surface area contributed by atoms with E-state index in [-0.39, 0.29) is 0 Å². The first-order valence-electron chi connectivity index (χ1n) is 5.89. The highest BCUT2D eigenvalue weighted by Gasteiger charge is 2.29. The van der Waals surface area contributed by atoms with E-state index in [0.29, 0.717) is 18.1 Å². The van der Waals surface area contributed by atoms with Crippen molar-refractivity contribution in [2.75, 3.05) is 12.4 Å². The number of anilines is 1. The molecule has 0 saturated heterocycles. The van der Waals surface area contributed by atoms with Crippen LogP contribution >= 0.6 is 0 Å². The molecule has 20 heavy (non-hydrogen) atoms. The molecule has 1 aromatic carbocycles. The van der Waals surface area contributed by atoms with Crippen molar-refractivity contribution in [2.24, 2.45) is 0 Å². The topological polar surface area (TPSA) is 34.1 Å². The van der Waals surface area contributed by atoms with Crippen molar-refractivity contribution >= 4 is 5.82 Å². The minimum atomic E-state index is -4.30. The molecule has 2 aromatic rings. The van der Waals surface area contributed by atoms with Gasteiger partial charge in [0, 0.05) is 6.54 Å². The molecule has 1 heterocycles. The molecule has 0 saturated carbocycles. The molecule has 0 bridgehead atoms. The number of methoxy groups -OCH3 is 1. The van der Waals surface area contributed by atoms with E-state index in [2.05, 4.69) is 10.3 Å². The lowest BCUT2D eigenvalue weighted by molar-refractivity contribution is -0.137. The van der Waals surface area contributed by atoms with Crippen LogP contribution in [0.3, 0.4) is 0 Å². The first-order chi connectivity index (χ1) is 9.49. The number of hydrogen-bond acceptors (Lipinski definition) is 3. The summed E-state index contributed by atoms with van der Waals surface area (Å²) in [4.78, 5) is 4.11. The van der Waals surface area contributed by atoms with Gasteiger partial charge in [-0.05, 0) is 29.8 Å². The molecular weight excluding hydrogens is 269 g/mol. The molecular formula is C14H13F3N2O. The van der Waals surface area contributed by atoms with Crippen molar-refractivity contribution < 1.29 is 17.9 Å². The van der Waals surface area contributed by atoms with Gasteiger partial charge in [0.25, 0.3) is 0 Å². The van der Waals surface area contributed by atoms with Gasteiger partial charge in [-0.2, -0.15) is 13.2 Å². The van der Waals surface area contributed by atoms with Gasteiger partial charge in [-0.15, -0.1) is 0 Å². The van der Waals surface area contributed by atoms with Crippen LogP contribution in [0.25, 0.3) is 0 Å². The van der Waals surface area contributed by atoms with Gasteiger partial charge in [0.1, 0.15) is 11.6 Å². The Morgan fingerprint density at radius 3 is 2.30 bits per heavy atom. The van der Waals surface area contributed by atoms with Gasteiger partial charge in [0.05, 0.1) is 18.9 Å². The average Bonchev–Trinajstić information content (AvgIpc) is 2.45. The van der Waals surface area contributed by atoms with Crippen LogP contribution in [0.1, 0.15) is 11.1 Å². The lowest BCUT2D eigenvalue weighted by atomic mass is 10.1. The molecule has 6 heteroatoms. The van der Waals surface area contributed by atoms with Crippen LogP contribution in [0.4, 0.5) is 19.0 Å². The number of alkyl halides is 3. The van der Waals surface area contributed by atoms with Crippen molar-refractivity contribution in [3.63, 3.8) is 0 Å². The van der Waals surface area contributed by atoms with Crippen molar-refractivity contribution in [1.82, 2.24) is 4.98 Å². The molecule has 0 radical (unpaired) electrons. The lowest BCUT2D eigenvalue weighted by Crippen LogP contribution is -2.06. The number of aromatic nitrogens is 1. The minimum absolute atomic E-state index is 0.400. The van der Waals surface area contributed by atoms with Crippen molar-refractivity contribution in [3.8, 4) is 5.75 Å². The van der Waals surface area contributed by atoms with Gasteiger partial charge < -0.3 is 10.1 Å². The average molecular weight is 282 g/mol. The number of nitrogens with zero attached hydrogens (tertiary/aromatic N) is 1. The summed E-state index contributed by atoms with van der Waals surface area (Å²) in [5.41, 5.74) is 0.0967. The van der Waals surface area contributed by atoms with Gasteiger partial charge in [0.2, 0.25) is 0 Å². The standard InChI is InChI=1S/C14H13F3N2O/c1-20-12-6-7-13(19-9-12)18-8-10-2-4-11(5-3-10)14(15,16)17/h2-7,9H,8H2,1H3,(H,18,19). The molecule has 0 unspecified atom stereocenters. The maximum Gasteiger partial charge on any atom is 0.416 e. The van der Waals surface area contributed by atoms with Gasteiger partial charge >= 0.3 is 6.18 Å². The predicted molar refractivity (Wildman–Crippen MR) is 69.6 cm³/mol. The number of ether oxygens (including phenoxy) is 1. The van der Waals surface area contributed by atoms with E-state index < -0.39 is 11.7 Å². The number of rotatable bonds is 4. The maximum absolute atomic E-state index is 12.4. The van der Waals surface area contributed by atoms with Crippen LogP contribution in [-0.2, 0) is 12.7 Å². The first-order valence-corrected chi connectivity index (χ1v) is 5.89. The van der Waals surface area contributed by atoms with Crippen LogP contribution in [0.15, 0.2) is 42.6 Å². The summed E-state index contributed by atoms with van der Waals surface area (Å²) in [6.45, 7) is 0.400. The SMILES string of the molecule is COc1ccc(NCc2ccc(C(F)(F)F)cc2)nc1. The second kappa shape index (κ2) is 5.81. The largest absolute Gasteiger partial charge is 0.495 e. The summed E-state index contributed by atoms with van der Waals surface area (Å²) < 4.78 is 42.2. The van der Waals surface area contributed by atoms with Crippen molar-refractivity contribution in [1.29, 1.82) is 0 Å². The summed E-state index contributed by atoms with van der Waals surface area (Å²) in [6, 6.07) is 8.51. The Labute approximate surface area is 114 Å². The van der Waals surface area contributed by atoms with Gasteiger partial charge in [-0.3, -0.25) is 0 Å². The second-order valence-corrected chi connectivity index (χ2v) is 4.13. The molecule has 3 nitrogen and oxygen atoms in total. The van der Waals surface area contributed by atoms with Crippen LogP contribution in [0.2, 0.25) is 0 Å². The van der Waals surface area contributed by atoms with E-state index in [0.717, 1.165) is 17.7 Å². The quantitative estimate of drug-likeness (QED) is 0.928. The molecule has 2 rings (SSSR count). The molecule has 0 fully saturated rings. The Balaban J connectivity index is 1.96. The zero-order valence-corrected chi connectivity index (χ0v) is 10.7. The third-order valence-electron chi connectivity index (χ3n) is 2.73. The summed E-state index contributed by atoms with van der Waals surface area (Å²) in [7, 11) is 1.55. The van der Waals surface area contributed by atoms with Crippen molar-refractivity contribution in [3.05, 3.63) is 53.7 Å². The van der Waals surface area contributed by atoms with Crippen LogP contribution < -0.4 is 10.1 Å². The summed E-state index contributed by atoms with van der Waals surface area (Å²) in [5, 5.41) is 3.02. The fraction of sp³-hybridized carbons (Fsp3) is 0.214. The molecule has 0 atom stereocenters. The van der Waals surface area contributed by atoms with E-state index >= 15 is 0 Å². The Hall–Kier alpha value is -2.24. The summed E-state index contributed by atoms with van der Waals surface area (Å²) in [6.07, 6.45) is -2.74. The zero-order valence-electron chi connectivity index (χ0n) is 10.7. The number of halogens is 3. The van der Waals surface area contributed by atoms with E-state index in [1.54, 1.807) is 25.4 Å². The molecule has 0 aliphatic rings. The fourth-order valence-corrected chi connectivity index (χ4v) is 1.61. The first kappa shape index (κ1) is 14.2. The number of hydrogen-bond donors (Lipinski definition) is 1. The second-order valence-electron chi connectivity index (χ2n) is 4.13. The third kappa shape index (κ3) is 3.63. The van der Waals surface area contributed by atoms with Crippen molar-refractivity contribution in [2.45, 2.75) is 12.7 Å². The molecule has 1 aromatic heterocycles. The minimum Gasteiger partial charge on any atom is -0.495 e. The third-order valence-corrected chi connectivity index (χ3v) is 2.73. The Kier molecular flexibility index (Phi) is 4.12. The highest BCUT2D eigenvalue weighted by Crippen LogP contribution is 2.29. The van der Waals surface area contributed by atoms with E-state index in [4.69, 9.17) is 4.74 Å². The van der Waals surface area contributed by atoms with E-state index in [9.17, 15) is 13.2 Å². The van der Waals surface area contributed by atoms with E-state index in [1.165, 1.54) is 12.1 Å². The zero-order chi connectivity index (χ0) is 14.6.